The summed E-state index contributed by atoms with van der Waals surface area (Å²) in [6.45, 7) is 1.67. The van der Waals surface area contributed by atoms with Crippen molar-refractivity contribution in [3.63, 3.8) is 0 Å². The molecule has 4 nitrogen and oxygen atoms in total. The van der Waals surface area contributed by atoms with E-state index < -0.39 is 11.7 Å². The Balaban J connectivity index is 2.19. The van der Waals surface area contributed by atoms with Crippen molar-refractivity contribution in [1.29, 1.82) is 0 Å². The molecule has 5 heteroatoms. The van der Waals surface area contributed by atoms with Crippen molar-refractivity contribution in [3.8, 4) is 5.75 Å². The van der Waals surface area contributed by atoms with E-state index in [9.17, 15) is 9.18 Å². The fourth-order valence-electron chi connectivity index (χ4n) is 1.94. The zero-order chi connectivity index (χ0) is 12.3. The van der Waals surface area contributed by atoms with Gasteiger partial charge in [0.15, 0.2) is 0 Å². The standard InChI is InChI=1S/C12H15FN2O2/c13-9-4-1-5-10(11(9)12(14)16)17-8-3-2-6-15-7-8/h1,4-5,8,15H,2-3,6-7H2,(H2,14,16). The molecule has 2 rings (SSSR count). The second kappa shape index (κ2) is 5.14. The predicted molar refractivity (Wildman–Crippen MR) is 61.4 cm³/mol. The number of ether oxygens (including phenoxy) is 1. The minimum Gasteiger partial charge on any atom is -0.488 e. The van der Waals surface area contributed by atoms with E-state index in [1.54, 1.807) is 6.07 Å². The van der Waals surface area contributed by atoms with E-state index in [1.807, 2.05) is 0 Å². The molecule has 17 heavy (non-hydrogen) atoms. The van der Waals surface area contributed by atoms with Crippen molar-refractivity contribution in [2.24, 2.45) is 5.73 Å². The summed E-state index contributed by atoms with van der Waals surface area (Å²) in [7, 11) is 0. The van der Waals surface area contributed by atoms with Gasteiger partial charge in [-0.05, 0) is 31.5 Å². The van der Waals surface area contributed by atoms with Crippen LogP contribution in [-0.2, 0) is 0 Å². The molecular formula is C12H15FN2O2. The Morgan fingerprint density at radius 2 is 2.35 bits per heavy atom. The van der Waals surface area contributed by atoms with Gasteiger partial charge >= 0.3 is 0 Å². The Labute approximate surface area is 98.9 Å². The molecule has 0 spiro atoms. The first-order valence-electron chi connectivity index (χ1n) is 5.64. The summed E-state index contributed by atoms with van der Waals surface area (Å²) in [6.07, 6.45) is 1.86. The molecule has 1 saturated heterocycles. The minimum atomic E-state index is -0.804. The predicted octanol–water partition coefficient (Wildman–Crippen LogP) is 1.06. The molecule has 0 aromatic heterocycles. The average molecular weight is 238 g/mol. The number of nitrogens with one attached hydrogen (secondary N) is 1. The molecule has 1 unspecified atom stereocenters. The highest BCUT2D eigenvalue weighted by Crippen LogP contribution is 2.23. The molecule has 1 amide bonds. The third kappa shape index (κ3) is 2.74. The third-order valence-corrected chi connectivity index (χ3v) is 2.77. The SMILES string of the molecule is NC(=O)c1c(F)cccc1OC1CCCNC1. The second-order valence-electron chi connectivity index (χ2n) is 4.06. The number of carbonyl (C=O) groups excluding carboxylic acids is 1. The van der Waals surface area contributed by atoms with E-state index >= 15 is 0 Å². The van der Waals surface area contributed by atoms with E-state index in [2.05, 4.69) is 5.32 Å². The highest BCUT2D eigenvalue weighted by Gasteiger charge is 2.20. The van der Waals surface area contributed by atoms with Gasteiger partial charge in [0.05, 0.1) is 0 Å². The maximum Gasteiger partial charge on any atom is 0.255 e. The number of primary amides is 1. The Kier molecular flexibility index (Phi) is 3.58. The zero-order valence-corrected chi connectivity index (χ0v) is 9.41. The molecule has 0 aliphatic carbocycles. The minimum absolute atomic E-state index is 0.0383. The van der Waals surface area contributed by atoms with Crippen LogP contribution in [-0.4, -0.2) is 25.1 Å². The van der Waals surface area contributed by atoms with Gasteiger partial charge in [-0.15, -0.1) is 0 Å². The van der Waals surface area contributed by atoms with Crippen molar-refractivity contribution in [1.82, 2.24) is 5.32 Å². The monoisotopic (exact) mass is 238 g/mol. The number of piperidine rings is 1. The van der Waals surface area contributed by atoms with Gasteiger partial charge in [-0.3, -0.25) is 4.79 Å². The molecular weight excluding hydrogens is 223 g/mol. The topological polar surface area (TPSA) is 64.4 Å². The fourth-order valence-corrected chi connectivity index (χ4v) is 1.94. The van der Waals surface area contributed by atoms with Crippen LogP contribution in [0, 0.1) is 5.82 Å². The Hall–Kier alpha value is -1.62. The summed E-state index contributed by atoms with van der Waals surface area (Å²) in [4.78, 5) is 11.2. The first-order valence-corrected chi connectivity index (χ1v) is 5.64. The lowest BCUT2D eigenvalue weighted by Gasteiger charge is -2.24. The summed E-state index contributed by atoms with van der Waals surface area (Å²) in [5, 5.41) is 3.18. The number of amides is 1. The van der Waals surface area contributed by atoms with Crippen LogP contribution in [0.1, 0.15) is 23.2 Å². The maximum absolute atomic E-state index is 13.5. The van der Waals surface area contributed by atoms with E-state index in [1.165, 1.54) is 12.1 Å². The number of hydrogen-bond donors (Lipinski definition) is 2. The Morgan fingerprint density at radius 3 is 3.00 bits per heavy atom. The molecule has 1 fully saturated rings. The van der Waals surface area contributed by atoms with Crippen LogP contribution in [0.5, 0.6) is 5.75 Å². The number of rotatable bonds is 3. The zero-order valence-electron chi connectivity index (χ0n) is 9.41. The third-order valence-electron chi connectivity index (χ3n) is 2.77. The van der Waals surface area contributed by atoms with Gasteiger partial charge in [0.25, 0.3) is 5.91 Å². The van der Waals surface area contributed by atoms with E-state index in [0.29, 0.717) is 6.54 Å². The van der Waals surface area contributed by atoms with Crippen molar-refractivity contribution in [2.45, 2.75) is 18.9 Å². The van der Waals surface area contributed by atoms with Crippen LogP contribution in [0.2, 0.25) is 0 Å². The van der Waals surface area contributed by atoms with Crippen LogP contribution >= 0.6 is 0 Å². The maximum atomic E-state index is 13.5. The first-order chi connectivity index (χ1) is 8.18. The molecule has 0 saturated carbocycles. The summed E-state index contributed by atoms with van der Waals surface area (Å²) >= 11 is 0. The van der Waals surface area contributed by atoms with Gasteiger partial charge in [0, 0.05) is 6.54 Å². The lowest BCUT2D eigenvalue weighted by atomic mass is 10.1. The Bertz CT molecular complexity index is 417. The van der Waals surface area contributed by atoms with Gasteiger partial charge in [-0.1, -0.05) is 6.07 Å². The molecule has 3 N–H and O–H groups in total. The molecule has 0 bridgehead atoms. The molecule has 1 aromatic rings. The number of halogens is 1. The van der Waals surface area contributed by atoms with E-state index in [0.717, 1.165) is 19.4 Å². The van der Waals surface area contributed by atoms with Crippen molar-refractivity contribution in [3.05, 3.63) is 29.6 Å². The van der Waals surface area contributed by atoms with E-state index in [4.69, 9.17) is 10.5 Å². The second-order valence-corrected chi connectivity index (χ2v) is 4.06. The normalized spacial score (nSPS) is 19.9. The van der Waals surface area contributed by atoms with Gasteiger partial charge in [0.1, 0.15) is 23.2 Å². The highest BCUT2D eigenvalue weighted by atomic mass is 19.1. The van der Waals surface area contributed by atoms with Gasteiger partial charge < -0.3 is 15.8 Å². The lowest BCUT2D eigenvalue weighted by molar-refractivity contribution is 0.0985. The summed E-state index contributed by atoms with van der Waals surface area (Å²) in [5.41, 5.74) is 4.98. The summed E-state index contributed by atoms with van der Waals surface area (Å²) in [5.74, 6) is -1.22. The Morgan fingerprint density at radius 1 is 1.53 bits per heavy atom. The fraction of sp³-hybridized carbons (Fsp3) is 0.417. The highest BCUT2D eigenvalue weighted by molar-refractivity contribution is 5.95. The van der Waals surface area contributed by atoms with Crippen molar-refractivity contribution in [2.75, 3.05) is 13.1 Å². The number of carbonyl (C=O) groups is 1. The average Bonchev–Trinajstić information content (AvgIpc) is 2.30. The smallest absolute Gasteiger partial charge is 0.255 e. The number of nitrogens with two attached hydrogens (primary N) is 1. The molecule has 1 aromatic carbocycles. The largest absolute Gasteiger partial charge is 0.488 e. The first kappa shape index (κ1) is 11.9. The molecule has 0 radical (unpaired) electrons. The molecule has 1 heterocycles. The van der Waals surface area contributed by atoms with Crippen LogP contribution in [0.25, 0.3) is 0 Å². The molecule has 92 valence electrons. The van der Waals surface area contributed by atoms with Gasteiger partial charge in [-0.25, -0.2) is 4.39 Å². The van der Waals surface area contributed by atoms with Crippen LogP contribution in [0.3, 0.4) is 0 Å². The van der Waals surface area contributed by atoms with Crippen molar-refractivity contribution < 1.29 is 13.9 Å². The quantitative estimate of drug-likeness (QED) is 0.827. The van der Waals surface area contributed by atoms with Gasteiger partial charge in [0.2, 0.25) is 0 Å². The summed E-state index contributed by atoms with van der Waals surface area (Å²) in [6, 6.07) is 4.28. The number of benzene rings is 1. The summed E-state index contributed by atoms with van der Waals surface area (Å²) < 4.78 is 19.1. The number of hydrogen-bond acceptors (Lipinski definition) is 3. The van der Waals surface area contributed by atoms with Crippen molar-refractivity contribution >= 4 is 5.91 Å². The van der Waals surface area contributed by atoms with Crippen LogP contribution < -0.4 is 15.8 Å². The van der Waals surface area contributed by atoms with Crippen LogP contribution in [0.4, 0.5) is 4.39 Å². The molecule has 1 aliphatic heterocycles. The van der Waals surface area contributed by atoms with Gasteiger partial charge in [-0.2, -0.15) is 0 Å². The lowest BCUT2D eigenvalue weighted by Crippen LogP contribution is -2.37. The molecule has 1 aliphatic rings. The molecule has 1 atom stereocenters. The van der Waals surface area contributed by atoms with Crippen LogP contribution in [0.15, 0.2) is 18.2 Å². The van der Waals surface area contributed by atoms with E-state index in [-0.39, 0.29) is 17.4 Å².